The minimum atomic E-state index is 0.0997. The second kappa shape index (κ2) is 4.84. The van der Waals surface area contributed by atoms with E-state index in [0.717, 1.165) is 33.6 Å². The van der Waals surface area contributed by atoms with Gasteiger partial charge in [0.05, 0.1) is 9.35 Å². The van der Waals surface area contributed by atoms with Crippen molar-refractivity contribution >= 4 is 33.2 Å². The molecule has 0 radical (unpaired) electrons. The third-order valence-electron chi connectivity index (χ3n) is 5.62. The molecule has 0 aliphatic heterocycles. The van der Waals surface area contributed by atoms with Crippen molar-refractivity contribution in [3.05, 3.63) is 20.8 Å². The zero-order valence-corrected chi connectivity index (χ0v) is 13.9. The number of hydrogen-bond donors (Lipinski definition) is 1. The van der Waals surface area contributed by atoms with Gasteiger partial charge in [0.25, 0.3) is 5.91 Å². The van der Waals surface area contributed by atoms with Gasteiger partial charge < -0.3 is 5.32 Å². The highest BCUT2D eigenvalue weighted by molar-refractivity contribution is 9.11. The van der Waals surface area contributed by atoms with Crippen molar-refractivity contribution in [2.75, 3.05) is 6.54 Å². The van der Waals surface area contributed by atoms with Crippen LogP contribution in [0.25, 0.3) is 0 Å². The van der Waals surface area contributed by atoms with Gasteiger partial charge in [0.2, 0.25) is 0 Å². The summed E-state index contributed by atoms with van der Waals surface area (Å²) in [6.07, 6.45) is 8.45. The van der Waals surface area contributed by atoms with E-state index >= 15 is 0 Å². The van der Waals surface area contributed by atoms with Crippen LogP contribution in [0.2, 0.25) is 0 Å². The largest absolute Gasteiger partial charge is 0.351 e. The fraction of sp³-hybridized carbons (Fsp3) is 0.688. The van der Waals surface area contributed by atoms with Crippen molar-refractivity contribution in [2.24, 2.45) is 23.2 Å². The Labute approximate surface area is 132 Å². The first-order valence-corrected chi connectivity index (χ1v) is 9.31. The number of rotatable bonds is 3. The number of amides is 1. The first kappa shape index (κ1) is 13.3. The fourth-order valence-electron chi connectivity index (χ4n) is 5.31. The number of halogens is 1. The summed E-state index contributed by atoms with van der Waals surface area (Å²) in [5.41, 5.74) is 1.23. The van der Waals surface area contributed by atoms with Crippen molar-refractivity contribution in [1.29, 1.82) is 0 Å². The summed E-state index contributed by atoms with van der Waals surface area (Å²) in [7, 11) is 0. The Hall–Kier alpha value is -0.350. The van der Waals surface area contributed by atoms with Gasteiger partial charge in [-0.1, -0.05) is 0 Å². The number of carbonyl (C=O) groups is 1. The smallest absolute Gasteiger partial charge is 0.252 e. The van der Waals surface area contributed by atoms with Crippen molar-refractivity contribution in [1.82, 2.24) is 5.32 Å². The van der Waals surface area contributed by atoms with Crippen LogP contribution in [0.3, 0.4) is 0 Å². The van der Waals surface area contributed by atoms with Gasteiger partial charge in [0.15, 0.2) is 0 Å². The van der Waals surface area contributed by atoms with Crippen molar-refractivity contribution in [3.8, 4) is 0 Å². The molecule has 1 aromatic heterocycles. The quantitative estimate of drug-likeness (QED) is 0.853. The van der Waals surface area contributed by atoms with Crippen molar-refractivity contribution in [2.45, 2.75) is 38.5 Å². The predicted molar refractivity (Wildman–Crippen MR) is 85.0 cm³/mol. The molecular weight excluding hydrogens is 334 g/mol. The standard InChI is InChI=1S/C16H20BrNOS/c17-14-4-13(8-20-14)15(19)18-9-16-5-10-1-11(6-16)3-12(2-10)7-16/h4,8,10-12H,1-3,5-7,9H2,(H,18,19). The Morgan fingerprint density at radius 3 is 2.35 bits per heavy atom. The lowest BCUT2D eigenvalue weighted by molar-refractivity contribution is -0.0503. The van der Waals surface area contributed by atoms with Crippen molar-refractivity contribution < 1.29 is 4.79 Å². The van der Waals surface area contributed by atoms with E-state index in [9.17, 15) is 4.79 Å². The summed E-state index contributed by atoms with van der Waals surface area (Å²) in [4.78, 5) is 12.2. The van der Waals surface area contributed by atoms with Gasteiger partial charge in [-0.2, -0.15) is 0 Å². The average Bonchev–Trinajstić information content (AvgIpc) is 2.81. The first-order valence-electron chi connectivity index (χ1n) is 7.64. The Morgan fingerprint density at radius 2 is 1.85 bits per heavy atom. The van der Waals surface area contributed by atoms with E-state index in [0.29, 0.717) is 5.41 Å². The molecular formula is C16H20BrNOS. The van der Waals surface area contributed by atoms with Gasteiger partial charge in [-0.25, -0.2) is 0 Å². The third kappa shape index (κ3) is 2.35. The highest BCUT2D eigenvalue weighted by Crippen LogP contribution is 2.59. The van der Waals surface area contributed by atoms with Crippen LogP contribution in [-0.4, -0.2) is 12.5 Å². The number of nitrogens with one attached hydrogen (secondary N) is 1. The molecule has 0 unspecified atom stereocenters. The first-order chi connectivity index (χ1) is 9.62. The maximum Gasteiger partial charge on any atom is 0.252 e. The minimum absolute atomic E-state index is 0.0997. The van der Waals surface area contributed by atoms with Crippen LogP contribution < -0.4 is 5.32 Å². The second-order valence-corrected chi connectivity index (χ2v) is 9.53. The molecule has 0 spiro atoms. The van der Waals surface area contributed by atoms with E-state index in [-0.39, 0.29) is 5.91 Å². The molecule has 0 aromatic carbocycles. The van der Waals surface area contributed by atoms with Crippen LogP contribution in [-0.2, 0) is 0 Å². The molecule has 20 heavy (non-hydrogen) atoms. The van der Waals surface area contributed by atoms with E-state index in [1.807, 2.05) is 11.4 Å². The molecule has 1 N–H and O–H groups in total. The van der Waals surface area contributed by atoms with Crippen LogP contribution in [0.1, 0.15) is 48.9 Å². The molecule has 2 nitrogen and oxygen atoms in total. The molecule has 1 heterocycles. The molecule has 4 heteroatoms. The maximum absolute atomic E-state index is 12.2. The highest BCUT2D eigenvalue weighted by Gasteiger charge is 2.50. The Morgan fingerprint density at radius 1 is 1.25 bits per heavy atom. The van der Waals surface area contributed by atoms with Gasteiger partial charge in [-0.15, -0.1) is 11.3 Å². The lowest BCUT2D eigenvalue weighted by atomic mass is 9.49. The molecule has 4 fully saturated rings. The molecule has 5 rings (SSSR count). The van der Waals surface area contributed by atoms with Crippen LogP contribution in [0.4, 0.5) is 0 Å². The zero-order chi connectivity index (χ0) is 13.7. The number of hydrogen-bond acceptors (Lipinski definition) is 2. The van der Waals surface area contributed by atoms with Crippen molar-refractivity contribution in [3.63, 3.8) is 0 Å². The molecule has 0 saturated heterocycles. The third-order valence-corrected chi connectivity index (χ3v) is 7.12. The van der Waals surface area contributed by atoms with E-state index < -0.39 is 0 Å². The molecule has 0 atom stereocenters. The summed E-state index contributed by atoms with van der Waals surface area (Å²) >= 11 is 5.00. The summed E-state index contributed by atoms with van der Waals surface area (Å²) in [5, 5.41) is 5.15. The zero-order valence-electron chi connectivity index (χ0n) is 11.5. The molecule has 4 bridgehead atoms. The van der Waals surface area contributed by atoms with Crippen LogP contribution in [0, 0.1) is 23.2 Å². The van der Waals surface area contributed by atoms with E-state index in [2.05, 4.69) is 21.2 Å². The molecule has 1 amide bonds. The molecule has 4 aliphatic rings. The fourth-order valence-corrected chi connectivity index (χ4v) is 6.44. The monoisotopic (exact) mass is 353 g/mol. The van der Waals surface area contributed by atoms with Gasteiger partial charge in [0.1, 0.15) is 0 Å². The molecule has 1 aromatic rings. The summed E-state index contributed by atoms with van der Waals surface area (Å²) in [6, 6.07) is 1.92. The SMILES string of the molecule is O=C(NCC12CC3CC(CC(C3)C1)C2)c1csc(Br)c1. The number of carbonyl (C=O) groups excluding carboxylic acids is 1. The van der Waals surface area contributed by atoms with E-state index in [1.54, 1.807) is 11.3 Å². The van der Waals surface area contributed by atoms with Gasteiger partial charge in [-0.05, 0) is 83.7 Å². The molecule has 108 valence electrons. The van der Waals surface area contributed by atoms with Gasteiger partial charge in [-0.3, -0.25) is 4.79 Å². The van der Waals surface area contributed by atoms with Gasteiger partial charge in [0, 0.05) is 11.9 Å². The van der Waals surface area contributed by atoms with Crippen LogP contribution >= 0.6 is 27.3 Å². The minimum Gasteiger partial charge on any atom is -0.351 e. The average molecular weight is 354 g/mol. The van der Waals surface area contributed by atoms with Crippen LogP contribution in [0.15, 0.2) is 15.2 Å². The summed E-state index contributed by atoms with van der Waals surface area (Å²) in [5.74, 6) is 2.96. The summed E-state index contributed by atoms with van der Waals surface area (Å²) in [6.45, 7) is 0.892. The molecule has 4 aliphatic carbocycles. The predicted octanol–water partition coefficient (Wildman–Crippen LogP) is 4.46. The van der Waals surface area contributed by atoms with E-state index in [1.165, 1.54) is 38.5 Å². The normalized spacial score (nSPS) is 38.1. The Kier molecular flexibility index (Phi) is 3.22. The van der Waals surface area contributed by atoms with E-state index in [4.69, 9.17) is 0 Å². The lowest BCUT2D eigenvalue weighted by Gasteiger charge is -2.56. The number of thiophene rings is 1. The molecule has 4 saturated carbocycles. The Bertz CT molecular complexity index is 503. The highest BCUT2D eigenvalue weighted by atomic mass is 79.9. The van der Waals surface area contributed by atoms with Crippen LogP contribution in [0.5, 0.6) is 0 Å². The van der Waals surface area contributed by atoms with Gasteiger partial charge >= 0.3 is 0 Å². The summed E-state index contributed by atoms with van der Waals surface area (Å²) < 4.78 is 1.03. The maximum atomic E-state index is 12.2. The topological polar surface area (TPSA) is 29.1 Å². The Balaban J connectivity index is 1.43. The lowest BCUT2D eigenvalue weighted by Crippen LogP contribution is -2.51. The second-order valence-electron chi connectivity index (χ2n) is 7.24.